The lowest BCUT2D eigenvalue weighted by Crippen LogP contribution is -2.08. The summed E-state index contributed by atoms with van der Waals surface area (Å²) in [7, 11) is 0. The van der Waals surface area contributed by atoms with Crippen LogP contribution in [0.4, 0.5) is 4.39 Å². The Morgan fingerprint density at radius 1 is 1.47 bits per heavy atom. The number of hydrogen-bond donors (Lipinski definition) is 0. The third-order valence-electron chi connectivity index (χ3n) is 1.60. The minimum absolute atomic E-state index is 0.00977. The molecular weight excluding hydrogens is 201 g/mol. The van der Waals surface area contributed by atoms with Crippen LogP contribution in [0, 0.1) is 5.82 Å². The lowest BCUT2D eigenvalue weighted by atomic mass is 10.3. The Morgan fingerprint density at radius 2 is 2.20 bits per heavy atom. The lowest BCUT2D eigenvalue weighted by molar-refractivity contribution is 0.0518. The molecule has 0 bridgehead atoms. The lowest BCUT2D eigenvalue weighted by Gasteiger charge is -2.05. The SMILES string of the molecule is CCOC(=O)c1cc(OCC)c(F)cn1. The second-order valence-electron chi connectivity index (χ2n) is 2.65. The van der Waals surface area contributed by atoms with Crippen molar-refractivity contribution in [3.63, 3.8) is 0 Å². The number of halogens is 1. The van der Waals surface area contributed by atoms with E-state index in [0.717, 1.165) is 6.20 Å². The minimum atomic E-state index is -0.593. The van der Waals surface area contributed by atoms with Gasteiger partial charge in [0.2, 0.25) is 0 Å². The van der Waals surface area contributed by atoms with Crippen molar-refractivity contribution >= 4 is 5.97 Å². The third-order valence-corrected chi connectivity index (χ3v) is 1.60. The van der Waals surface area contributed by atoms with Crippen molar-refractivity contribution in [3.05, 3.63) is 23.8 Å². The molecule has 0 fully saturated rings. The summed E-state index contributed by atoms with van der Waals surface area (Å²) >= 11 is 0. The Balaban J connectivity index is 2.91. The molecule has 0 aliphatic heterocycles. The van der Waals surface area contributed by atoms with E-state index < -0.39 is 11.8 Å². The van der Waals surface area contributed by atoms with E-state index in [1.54, 1.807) is 13.8 Å². The number of hydrogen-bond acceptors (Lipinski definition) is 4. The predicted molar refractivity (Wildman–Crippen MR) is 51.3 cm³/mol. The highest BCUT2D eigenvalue weighted by atomic mass is 19.1. The van der Waals surface area contributed by atoms with Gasteiger partial charge in [0.05, 0.1) is 19.4 Å². The zero-order chi connectivity index (χ0) is 11.3. The molecule has 0 amide bonds. The van der Waals surface area contributed by atoms with E-state index in [0.29, 0.717) is 6.61 Å². The molecule has 0 radical (unpaired) electrons. The van der Waals surface area contributed by atoms with Crippen LogP contribution in [0.2, 0.25) is 0 Å². The molecule has 0 unspecified atom stereocenters. The summed E-state index contributed by atoms with van der Waals surface area (Å²) in [5, 5.41) is 0. The number of nitrogens with zero attached hydrogens (tertiary/aromatic N) is 1. The van der Waals surface area contributed by atoms with E-state index in [1.807, 2.05) is 0 Å². The maximum absolute atomic E-state index is 13.1. The zero-order valence-corrected chi connectivity index (χ0v) is 8.62. The highest BCUT2D eigenvalue weighted by molar-refractivity contribution is 5.87. The van der Waals surface area contributed by atoms with Gasteiger partial charge in [-0.15, -0.1) is 0 Å². The number of carbonyl (C=O) groups is 1. The Bertz CT molecular complexity index is 355. The van der Waals surface area contributed by atoms with E-state index in [-0.39, 0.29) is 18.1 Å². The van der Waals surface area contributed by atoms with Crippen molar-refractivity contribution < 1.29 is 18.7 Å². The van der Waals surface area contributed by atoms with Gasteiger partial charge in [0.15, 0.2) is 17.3 Å². The largest absolute Gasteiger partial charge is 0.491 e. The standard InChI is InChI=1S/C10H12FNO3/c1-3-14-9-5-8(10(13)15-4-2)12-6-7(9)11/h5-6H,3-4H2,1-2H3. The van der Waals surface area contributed by atoms with Crippen molar-refractivity contribution in [1.29, 1.82) is 0 Å². The molecule has 0 aliphatic carbocycles. The number of esters is 1. The fourth-order valence-corrected chi connectivity index (χ4v) is 1.00. The first-order valence-electron chi connectivity index (χ1n) is 4.64. The molecule has 0 saturated heterocycles. The molecule has 0 atom stereocenters. The van der Waals surface area contributed by atoms with Gasteiger partial charge in [0, 0.05) is 6.07 Å². The van der Waals surface area contributed by atoms with Gasteiger partial charge in [-0.25, -0.2) is 14.2 Å². The van der Waals surface area contributed by atoms with Gasteiger partial charge in [-0.2, -0.15) is 0 Å². The van der Waals surface area contributed by atoms with Gasteiger partial charge in [-0.3, -0.25) is 0 Å². The van der Waals surface area contributed by atoms with Crippen LogP contribution < -0.4 is 4.74 Å². The van der Waals surface area contributed by atoms with Crippen molar-refractivity contribution in [2.75, 3.05) is 13.2 Å². The summed E-state index contributed by atoms with van der Waals surface area (Å²) in [4.78, 5) is 14.9. The van der Waals surface area contributed by atoms with Crippen molar-refractivity contribution in [3.8, 4) is 5.75 Å². The molecule has 1 aromatic heterocycles. The summed E-state index contributed by atoms with van der Waals surface area (Å²) in [6.45, 7) is 3.99. The molecule has 4 nitrogen and oxygen atoms in total. The summed E-state index contributed by atoms with van der Waals surface area (Å²) in [6.07, 6.45) is 0.942. The fourth-order valence-electron chi connectivity index (χ4n) is 1.00. The van der Waals surface area contributed by atoms with Gasteiger partial charge in [0.25, 0.3) is 0 Å². The molecule has 0 N–H and O–H groups in total. The smallest absolute Gasteiger partial charge is 0.357 e. The van der Waals surface area contributed by atoms with Crippen LogP contribution in [0.3, 0.4) is 0 Å². The first-order valence-corrected chi connectivity index (χ1v) is 4.64. The maximum atomic E-state index is 13.1. The van der Waals surface area contributed by atoms with E-state index in [9.17, 15) is 9.18 Å². The number of pyridine rings is 1. The van der Waals surface area contributed by atoms with E-state index >= 15 is 0 Å². The average molecular weight is 213 g/mol. The molecule has 1 heterocycles. The molecule has 0 aromatic carbocycles. The molecule has 0 saturated carbocycles. The van der Waals surface area contributed by atoms with Crippen LogP contribution in [-0.4, -0.2) is 24.2 Å². The van der Waals surface area contributed by atoms with Gasteiger partial charge < -0.3 is 9.47 Å². The normalized spacial score (nSPS) is 9.80. The van der Waals surface area contributed by atoms with Crippen LogP contribution in [0.1, 0.15) is 24.3 Å². The Kier molecular flexibility index (Phi) is 4.03. The molecule has 0 spiro atoms. The average Bonchev–Trinajstić information content (AvgIpc) is 2.22. The Hall–Kier alpha value is -1.65. The zero-order valence-electron chi connectivity index (χ0n) is 8.62. The second-order valence-corrected chi connectivity index (χ2v) is 2.65. The molecule has 0 aliphatic rings. The van der Waals surface area contributed by atoms with Crippen LogP contribution in [0.5, 0.6) is 5.75 Å². The molecule has 82 valence electrons. The molecule has 5 heteroatoms. The monoisotopic (exact) mass is 213 g/mol. The fraction of sp³-hybridized carbons (Fsp3) is 0.400. The number of carbonyl (C=O) groups excluding carboxylic acids is 1. The summed E-state index contributed by atoms with van der Waals surface area (Å²) < 4.78 is 22.8. The van der Waals surface area contributed by atoms with Gasteiger partial charge >= 0.3 is 5.97 Å². The number of rotatable bonds is 4. The second kappa shape index (κ2) is 5.29. The third kappa shape index (κ3) is 2.90. The van der Waals surface area contributed by atoms with E-state index in [1.165, 1.54) is 6.07 Å². The van der Waals surface area contributed by atoms with E-state index in [2.05, 4.69) is 4.98 Å². The van der Waals surface area contributed by atoms with Crippen LogP contribution in [0.25, 0.3) is 0 Å². The van der Waals surface area contributed by atoms with Gasteiger partial charge in [-0.05, 0) is 13.8 Å². The first-order chi connectivity index (χ1) is 7.19. The molecular formula is C10H12FNO3. The molecule has 1 rings (SSSR count). The van der Waals surface area contributed by atoms with Gasteiger partial charge in [-0.1, -0.05) is 0 Å². The quantitative estimate of drug-likeness (QED) is 0.715. The first kappa shape index (κ1) is 11.4. The molecule has 15 heavy (non-hydrogen) atoms. The number of ether oxygens (including phenoxy) is 2. The highest BCUT2D eigenvalue weighted by Crippen LogP contribution is 2.17. The highest BCUT2D eigenvalue weighted by Gasteiger charge is 2.12. The van der Waals surface area contributed by atoms with E-state index in [4.69, 9.17) is 9.47 Å². The Morgan fingerprint density at radius 3 is 2.80 bits per heavy atom. The maximum Gasteiger partial charge on any atom is 0.357 e. The summed E-state index contributed by atoms with van der Waals surface area (Å²) in [6, 6.07) is 1.23. The van der Waals surface area contributed by atoms with Crippen molar-refractivity contribution in [2.24, 2.45) is 0 Å². The predicted octanol–water partition coefficient (Wildman–Crippen LogP) is 1.80. The number of aromatic nitrogens is 1. The topological polar surface area (TPSA) is 48.4 Å². The van der Waals surface area contributed by atoms with Crippen LogP contribution in [0.15, 0.2) is 12.3 Å². The minimum Gasteiger partial charge on any atom is -0.491 e. The Labute approximate surface area is 87.0 Å². The van der Waals surface area contributed by atoms with Crippen molar-refractivity contribution in [2.45, 2.75) is 13.8 Å². The van der Waals surface area contributed by atoms with Crippen LogP contribution >= 0.6 is 0 Å². The van der Waals surface area contributed by atoms with Crippen LogP contribution in [-0.2, 0) is 4.74 Å². The van der Waals surface area contributed by atoms with Crippen molar-refractivity contribution in [1.82, 2.24) is 4.98 Å². The van der Waals surface area contributed by atoms with Gasteiger partial charge in [0.1, 0.15) is 0 Å². The molecule has 1 aromatic rings. The summed E-state index contributed by atoms with van der Waals surface area (Å²) in [5.74, 6) is -1.17. The summed E-state index contributed by atoms with van der Waals surface area (Å²) in [5.41, 5.74) is 0.0432.